The standard InChI is InChI=1S/C29H21Cl3F6N2O4/c1-12(44-2)22(41)11-16-19(33)7-8-21(25(16)35)40-26(42)15-10-14(4-5-18(15)30)39-27(43)24-23(28(24,31)32)13-3-6-20(34)17(9-13)29(36,37)38/h3-10,12,23-24H,11H2,1-2H3,(H,39,43)(H,40,42)/t12-,23+,24-/m1/s1. The van der Waals surface area contributed by atoms with Crippen LogP contribution in [0.4, 0.5) is 37.7 Å². The first kappa shape index (κ1) is 33.6. The molecule has 15 heteroatoms. The highest BCUT2D eigenvalue weighted by molar-refractivity contribution is 6.53. The fourth-order valence-corrected chi connectivity index (χ4v) is 5.55. The second kappa shape index (κ2) is 12.6. The second-order valence-corrected chi connectivity index (χ2v) is 11.8. The largest absolute Gasteiger partial charge is 0.419 e. The number of carbonyl (C=O) groups is 3. The molecule has 6 nitrogen and oxygen atoms in total. The Morgan fingerprint density at radius 3 is 2.27 bits per heavy atom. The van der Waals surface area contributed by atoms with E-state index < -0.39 is 86.7 Å². The molecule has 0 aromatic heterocycles. The third-order valence-corrected chi connectivity index (χ3v) is 8.33. The van der Waals surface area contributed by atoms with Crippen molar-refractivity contribution in [1.29, 1.82) is 0 Å². The Hall–Kier alpha value is -3.32. The Balaban J connectivity index is 1.52. The Bertz CT molecular complexity index is 1650. The van der Waals surface area contributed by atoms with Crippen molar-refractivity contribution in [2.75, 3.05) is 17.7 Å². The van der Waals surface area contributed by atoms with E-state index in [4.69, 9.17) is 39.5 Å². The van der Waals surface area contributed by atoms with Crippen LogP contribution in [0.3, 0.4) is 0 Å². The molecule has 3 aromatic carbocycles. The fourth-order valence-electron chi connectivity index (χ4n) is 4.51. The number of hydrogen-bond donors (Lipinski definition) is 2. The highest BCUT2D eigenvalue weighted by atomic mass is 35.5. The number of ether oxygens (including phenoxy) is 1. The number of nitrogens with one attached hydrogen (secondary N) is 2. The zero-order valence-corrected chi connectivity index (χ0v) is 24.9. The van der Waals surface area contributed by atoms with Crippen LogP contribution in [0, 0.1) is 23.4 Å². The van der Waals surface area contributed by atoms with Crippen molar-refractivity contribution >= 4 is 63.8 Å². The van der Waals surface area contributed by atoms with Gasteiger partial charge in [-0.15, -0.1) is 23.2 Å². The smallest absolute Gasteiger partial charge is 0.374 e. The molecule has 0 aliphatic heterocycles. The van der Waals surface area contributed by atoms with Crippen LogP contribution >= 0.6 is 34.8 Å². The van der Waals surface area contributed by atoms with Gasteiger partial charge in [-0.1, -0.05) is 17.7 Å². The molecule has 1 aliphatic rings. The van der Waals surface area contributed by atoms with Gasteiger partial charge in [0.05, 0.1) is 27.8 Å². The maximum atomic E-state index is 15.1. The number of halogens is 9. The van der Waals surface area contributed by atoms with E-state index in [2.05, 4.69) is 10.6 Å². The van der Waals surface area contributed by atoms with Crippen LogP contribution in [0.1, 0.15) is 39.9 Å². The van der Waals surface area contributed by atoms with Crippen LogP contribution in [-0.4, -0.2) is 35.1 Å². The minimum Gasteiger partial charge on any atom is -0.374 e. The van der Waals surface area contributed by atoms with E-state index in [9.17, 15) is 36.3 Å². The van der Waals surface area contributed by atoms with Crippen molar-refractivity contribution in [3.8, 4) is 0 Å². The minimum atomic E-state index is -4.99. The number of amides is 2. The molecule has 2 amide bonds. The molecule has 1 fully saturated rings. The number of alkyl halides is 5. The van der Waals surface area contributed by atoms with Gasteiger partial charge in [-0.05, 0) is 55.0 Å². The monoisotopic (exact) mass is 680 g/mol. The molecule has 44 heavy (non-hydrogen) atoms. The predicted molar refractivity (Wildman–Crippen MR) is 152 cm³/mol. The quantitative estimate of drug-likeness (QED) is 0.179. The van der Waals surface area contributed by atoms with Crippen LogP contribution < -0.4 is 10.6 Å². The molecule has 1 saturated carbocycles. The third-order valence-electron chi connectivity index (χ3n) is 7.06. The first-order valence-corrected chi connectivity index (χ1v) is 13.8. The first-order valence-electron chi connectivity index (χ1n) is 12.7. The fraction of sp³-hybridized carbons (Fsp3) is 0.276. The molecule has 234 valence electrons. The number of methoxy groups -OCH3 is 1. The van der Waals surface area contributed by atoms with Gasteiger partial charge in [0.2, 0.25) is 5.91 Å². The molecule has 0 unspecified atom stereocenters. The molecular weight excluding hydrogens is 661 g/mol. The van der Waals surface area contributed by atoms with Gasteiger partial charge in [0.25, 0.3) is 5.91 Å². The summed E-state index contributed by atoms with van der Waals surface area (Å²) < 4.78 is 85.8. The van der Waals surface area contributed by atoms with Gasteiger partial charge in [-0.25, -0.2) is 13.2 Å². The summed E-state index contributed by atoms with van der Waals surface area (Å²) in [5, 5.41) is 4.58. The summed E-state index contributed by atoms with van der Waals surface area (Å²) in [7, 11) is 1.26. The van der Waals surface area contributed by atoms with Crippen molar-refractivity contribution in [2.24, 2.45) is 5.92 Å². The summed E-state index contributed by atoms with van der Waals surface area (Å²) in [4.78, 5) is 38.2. The van der Waals surface area contributed by atoms with Crippen LogP contribution in [-0.2, 0) is 26.9 Å². The Kier molecular flexibility index (Phi) is 9.60. The summed E-state index contributed by atoms with van der Waals surface area (Å²) in [6, 6.07) is 7.66. The van der Waals surface area contributed by atoms with E-state index in [1.807, 2.05) is 0 Å². The zero-order chi connectivity index (χ0) is 32.7. The molecule has 0 spiro atoms. The lowest BCUT2D eigenvalue weighted by Crippen LogP contribution is -2.22. The number of carbonyl (C=O) groups excluding carboxylic acids is 3. The number of Topliss-reactive ketones (excluding diaryl/α,β-unsaturated/α-hetero) is 1. The lowest BCUT2D eigenvalue weighted by Gasteiger charge is -2.14. The van der Waals surface area contributed by atoms with Gasteiger partial charge < -0.3 is 15.4 Å². The lowest BCUT2D eigenvalue weighted by molar-refractivity contribution is -0.140. The van der Waals surface area contributed by atoms with E-state index in [-0.39, 0.29) is 21.8 Å². The third kappa shape index (κ3) is 6.83. The van der Waals surface area contributed by atoms with E-state index in [0.29, 0.717) is 12.1 Å². The van der Waals surface area contributed by atoms with Crippen molar-refractivity contribution in [2.45, 2.75) is 35.9 Å². The molecule has 4 rings (SSSR count). The molecule has 1 aliphatic carbocycles. The highest BCUT2D eigenvalue weighted by Crippen LogP contribution is 2.65. The average Bonchev–Trinajstić information content (AvgIpc) is 3.54. The van der Waals surface area contributed by atoms with E-state index in [0.717, 1.165) is 24.3 Å². The number of rotatable bonds is 9. The Morgan fingerprint density at radius 2 is 1.64 bits per heavy atom. The van der Waals surface area contributed by atoms with Crippen LogP contribution in [0.5, 0.6) is 0 Å². The summed E-state index contributed by atoms with van der Waals surface area (Å²) in [6.07, 6.45) is -6.56. The number of benzene rings is 3. The lowest BCUT2D eigenvalue weighted by atomic mass is 10.0. The SMILES string of the molecule is CO[C@H](C)C(=O)Cc1c(F)ccc(NC(=O)c2cc(NC(=O)[C@H]3[C@H](c4ccc(F)c(C(F)(F)F)c4)C3(Cl)Cl)ccc2Cl)c1F. The summed E-state index contributed by atoms with van der Waals surface area (Å²) >= 11 is 18.6. The van der Waals surface area contributed by atoms with Crippen LogP contribution in [0.2, 0.25) is 5.02 Å². The molecular formula is C29H21Cl3F6N2O4. The molecule has 0 bridgehead atoms. The van der Waals surface area contributed by atoms with Gasteiger partial charge >= 0.3 is 6.18 Å². The zero-order valence-electron chi connectivity index (χ0n) is 22.6. The summed E-state index contributed by atoms with van der Waals surface area (Å²) in [5.74, 6) is -8.45. The second-order valence-electron chi connectivity index (χ2n) is 9.91. The van der Waals surface area contributed by atoms with Gasteiger partial charge in [-0.3, -0.25) is 14.4 Å². The first-order chi connectivity index (χ1) is 20.5. The van der Waals surface area contributed by atoms with E-state index in [1.165, 1.54) is 26.2 Å². The Labute approximate surface area is 261 Å². The number of hydrogen-bond acceptors (Lipinski definition) is 4. The van der Waals surface area contributed by atoms with Crippen molar-refractivity contribution in [3.05, 3.63) is 93.3 Å². The normalized spacial score (nSPS) is 18.0. The molecule has 0 heterocycles. The van der Waals surface area contributed by atoms with Gasteiger partial charge in [0.1, 0.15) is 22.1 Å². The minimum absolute atomic E-state index is 0.00571. The molecule has 0 radical (unpaired) electrons. The average molecular weight is 682 g/mol. The summed E-state index contributed by atoms with van der Waals surface area (Å²) in [6.45, 7) is 1.41. The molecule has 3 atom stereocenters. The number of ketones is 1. The van der Waals surface area contributed by atoms with E-state index in [1.54, 1.807) is 0 Å². The van der Waals surface area contributed by atoms with Crippen LogP contribution in [0.25, 0.3) is 0 Å². The summed E-state index contributed by atoms with van der Waals surface area (Å²) in [5.41, 5.74) is -2.95. The molecule has 0 saturated heterocycles. The molecule has 2 N–H and O–H groups in total. The van der Waals surface area contributed by atoms with Gasteiger partial charge in [0.15, 0.2) is 11.6 Å². The van der Waals surface area contributed by atoms with Crippen molar-refractivity contribution < 1.29 is 45.5 Å². The maximum Gasteiger partial charge on any atom is 0.419 e. The van der Waals surface area contributed by atoms with Gasteiger partial charge in [0, 0.05) is 30.7 Å². The predicted octanol–water partition coefficient (Wildman–Crippen LogP) is 7.70. The Morgan fingerprint density at radius 1 is 0.977 bits per heavy atom. The van der Waals surface area contributed by atoms with Crippen LogP contribution in [0.15, 0.2) is 48.5 Å². The molecule has 3 aromatic rings. The van der Waals surface area contributed by atoms with Crippen molar-refractivity contribution in [3.63, 3.8) is 0 Å². The number of anilines is 2. The van der Waals surface area contributed by atoms with Gasteiger partial charge in [-0.2, -0.15) is 13.2 Å². The topological polar surface area (TPSA) is 84.5 Å². The maximum absolute atomic E-state index is 15.1. The van der Waals surface area contributed by atoms with E-state index >= 15 is 4.39 Å². The van der Waals surface area contributed by atoms with Crippen molar-refractivity contribution in [1.82, 2.24) is 0 Å². The highest BCUT2D eigenvalue weighted by Gasteiger charge is 2.67.